The molecule has 1 aliphatic rings. The van der Waals surface area contributed by atoms with Crippen molar-refractivity contribution in [2.45, 2.75) is 17.1 Å². The molecule has 3 rings (SSSR count). The molecule has 1 unspecified atom stereocenters. The number of thioether (sulfide) groups is 1. The number of nitrogens with two attached hydrogens (primary N) is 1. The van der Waals surface area contributed by atoms with Gasteiger partial charge in [0.1, 0.15) is 0 Å². The van der Waals surface area contributed by atoms with E-state index in [0.717, 1.165) is 41.3 Å². The van der Waals surface area contributed by atoms with Crippen molar-refractivity contribution in [3.8, 4) is 0 Å². The fourth-order valence-electron chi connectivity index (χ4n) is 2.94. The fraction of sp³-hybridized carbons (Fsp3) is 0.316. The lowest BCUT2D eigenvalue weighted by molar-refractivity contribution is 0.0787. The summed E-state index contributed by atoms with van der Waals surface area (Å²) >= 11 is 13.9. The second-order valence-corrected chi connectivity index (χ2v) is 8.07. The Morgan fingerprint density at radius 1 is 1.24 bits per heavy atom. The average Bonchev–Trinajstić information content (AvgIpc) is 3.11. The number of nitrogens with zero attached hydrogens (tertiary/aromatic N) is 1. The van der Waals surface area contributed by atoms with Crippen LogP contribution >= 0.6 is 35.0 Å². The molecule has 1 amide bonds. The number of halogens is 2. The van der Waals surface area contributed by atoms with Crippen molar-refractivity contribution < 1.29 is 4.79 Å². The third-order valence-corrected chi connectivity index (χ3v) is 6.17. The molecule has 2 N–H and O–H groups in total. The molecule has 1 atom stereocenters. The van der Waals surface area contributed by atoms with Crippen LogP contribution in [0.5, 0.6) is 0 Å². The topological polar surface area (TPSA) is 46.3 Å². The molecule has 1 fully saturated rings. The van der Waals surface area contributed by atoms with Crippen LogP contribution in [0.25, 0.3) is 0 Å². The summed E-state index contributed by atoms with van der Waals surface area (Å²) in [5.41, 5.74) is 7.53. The van der Waals surface area contributed by atoms with Gasteiger partial charge >= 0.3 is 0 Å². The molecule has 0 aliphatic carbocycles. The van der Waals surface area contributed by atoms with E-state index in [2.05, 4.69) is 0 Å². The second-order valence-electron chi connectivity index (χ2n) is 6.21. The minimum atomic E-state index is 0.0867. The summed E-state index contributed by atoms with van der Waals surface area (Å²) in [6, 6.07) is 13.2. The first-order valence-electron chi connectivity index (χ1n) is 8.23. The highest BCUT2D eigenvalue weighted by Gasteiger charge is 2.26. The Hall–Kier alpha value is -1.20. The van der Waals surface area contributed by atoms with Crippen LogP contribution in [-0.2, 0) is 5.75 Å². The zero-order valence-electron chi connectivity index (χ0n) is 13.8. The van der Waals surface area contributed by atoms with Gasteiger partial charge < -0.3 is 10.6 Å². The van der Waals surface area contributed by atoms with Crippen LogP contribution in [0, 0.1) is 5.92 Å². The van der Waals surface area contributed by atoms with Crippen LogP contribution in [0.3, 0.4) is 0 Å². The second kappa shape index (κ2) is 8.45. The molecular weight excluding hydrogens is 375 g/mol. The smallest absolute Gasteiger partial charge is 0.253 e. The van der Waals surface area contributed by atoms with E-state index in [0.29, 0.717) is 22.5 Å². The van der Waals surface area contributed by atoms with Gasteiger partial charge in [-0.05, 0) is 54.8 Å². The van der Waals surface area contributed by atoms with Gasteiger partial charge in [0.25, 0.3) is 5.91 Å². The Morgan fingerprint density at radius 3 is 2.84 bits per heavy atom. The number of likely N-dealkylation sites (tertiary alicyclic amines) is 1. The van der Waals surface area contributed by atoms with Crippen LogP contribution in [-0.4, -0.2) is 30.4 Å². The van der Waals surface area contributed by atoms with E-state index in [1.807, 2.05) is 35.2 Å². The van der Waals surface area contributed by atoms with Gasteiger partial charge in [-0.1, -0.05) is 35.3 Å². The number of hydrogen-bond acceptors (Lipinski definition) is 3. The van der Waals surface area contributed by atoms with Gasteiger partial charge in [-0.15, -0.1) is 11.8 Å². The molecule has 2 aromatic carbocycles. The molecular formula is C19H20Cl2N2OS. The third kappa shape index (κ3) is 4.70. The number of carbonyl (C=O) groups is 1. The molecule has 0 bridgehead atoms. The van der Waals surface area contributed by atoms with Crippen LogP contribution in [0.4, 0.5) is 0 Å². The monoisotopic (exact) mass is 394 g/mol. The summed E-state index contributed by atoms with van der Waals surface area (Å²) < 4.78 is 0. The SMILES string of the molecule is NCC1CCN(C(=O)c2cccc(CSc3cc(Cl)ccc3Cl)c2)C1. The minimum absolute atomic E-state index is 0.0867. The number of rotatable bonds is 5. The molecule has 2 aromatic rings. The Morgan fingerprint density at radius 2 is 2.08 bits per heavy atom. The summed E-state index contributed by atoms with van der Waals surface area (Å²) in [4.78, 5) is 15.5. The van der Waals surface area contributed by atoms with Gasteiger partial charge in [0.15, 0.2) is 0 Å². The maximum atomic E-state index is 12.7. The zero-order valence-corrected chi connectivity index (χ0v) is 16.1. The average molecular weight is 395 g/mol. The molecule has 25 heavy (non-hydrogen) atoms. The highest BCUT2D eigenvalue weighted by Crippen LogP contribution is 2.32. The van der Waals surface area contributed by atoms with Crippen molar-refractivity contribution in [2.24, 2.45) is 11.7 Å². The van der Waals surface area contributed by atoms with Crippen molar-refractivity contribution in [1.82, 2.24) is 4.90 Å². The minimum Gasteiger partial charge on any atom is -0.338 e. The van der Waals surface area contributed by atoms with Crippen molar-refractivity contribution in [3.05, 3.63) is 63.6 Å². The number of benzene rings is 2. The van der Waals surface area contributed by atoms with Crippen molar-refractivity contribution in [1.29, 1.82) is 0 Å². The highest BCUT2D eigenvalue weighted by molar-refractivity contribution is 7.98. The molecule has 0 saturated carbocycles. The Labute approximate surface area is 162 Å². The van der Waals surface area contributed by atoms with E-state index in [1.165, 1.54) is 0 Å². The van der Waals surface area contributed by atoms with E-state index >= 15 is 0 Å². The van der Waals surface area contributed by atoms with Crippen molar-refractivity contribution >= 4 is 40.9 Å². The maximum Gasteiger partial charge on any atom is 0.253 e. The van der Waals surface area contributed by atoms with E-state index in [4.69, 9.17) is 28.9 Å². The lowest BCUT2D eigenvalue weighted by Gasteiger charge is -2.16. The van der Waals surface area contributed by atoms with E-state index in [9.17, 15) is 4.79 Å². The summed E-state index contributed by atoms with van der Waals surface area (Å²) in [6.45, 7) is 2.19. The lowest BCUT2D eigenvalue weighted by atomic mass is 10.1. The first-order valence-corrected chi connectivity index (χ1v) is 9.97. The molecule has 1 heterocycles. The molecule has 132 valence electrons. The molecule has 1 saturated heterocycles. The van der Waals surface area contributed by atoms with Gasteiger partial charge in [-0.3, -0.25) is 4.79 Å². The molecule has 0 radical (unpaired) electrons. The molecule has 3 nitrogen and oxygen atoms in total. The standard InChI is InChI=1S/C19H20Cl2N2OS/c20-16-4-5-17(21)18(9-16)25-12-13-2-1-3-15(8-13)19(24)23-7-6-14(10-22)11-23/h1-5,8-9,14H,6-7,10-12,22H2. The van der Waals surface area contributed by atoms with Gasteiger partial charge in [0.2, 0.25) is 0 Å². The Kier molecular flexibility index (Phi) is 6.29. The number of amides is 1. The van der Waals surface area contributed by atoms with Gasteiger partial charge in [-0.25, -0.2) is 0 Å². The van der Waals surface area contributed by atoms with Crippen LogP contribution in [0.2, 0.25) is 10.0 Å². The van der Waals surface area contributed by atoms with Crippen molar-refractivity contribution in [2.75, 3.05) is 19.6 Å². The van der Waals surface area contributed by atoms with Gasteiger partial charge in [0.05, 0.1) is 5.02 Å². The molecule has 1 aliphatic heterocycles. The molecule has 0 spiro atoms. The normalized spacial score (nSPS) is 17.1. The fourth-order valence-corrected chi connectivity index (χ4v) is 4.37. The largest absolute Gasteiger partial charge is 0.338 e. The number of hydrogen-bond donors (Lipinski definition) is 1. The molecule has 0 aromatic heterocycles. The summed E-state index contributed by atoms with van der Waals surface area (Å²) in [5.74, 6) is 1.24. The van der Waals surface area contributed by atoms with Crippen molar-refractivity contribution in [3.63, 3.8) is 0 Å². The van der Waals surface area contributed by atoms with Crippen LogP contribution < -0.4 is 5.73 Å². The lowest BCUT2D eigenvalue weighted by Crippen LogP contribution is -2.29. The summed E-state index contributed by atoms with van der Waals surface area (Å²) in [6.07, 6.45) is 0.991. The van der Waals surface area contributed by atoms with Gasteiger partial charge in [0, 0.05) is 34.3 Å². The molecule has 6 heteroatoms. The van der Waals surface area contributed by atoms with E-state index in [1.54, 1.807) is 23.9 Å². The Balaban J connectivity index is 1.67. The highest BCUT2D eigenvalue weighted by atomic mass is 35.5. The van der Waals surface area contributed by atoms with E-state index in [-0.39, 0.29) is 5.91 Å². The Bertz CT molecular complexity index is 769. The first-order chi connectivity index (χ1) is 12.1. The predicted molar refractivity (Wildman–Crippen MR) is 106 cm³/mol. The zero-order chi connectivity index (χ0) is 17.8. The maximum absolute atomic E-state index is 12.7. The van der Waals surface area contributed by atoms with E-state index < -0.39 is 0 Å². The van der Waals surface area contributed by atoms with Gasteiger partial charge in [-0.2, -0.15) is 0 Å². The third-order valence-electron chi connectivity index (χ3n) is 4.37. The summed E-state index contributed by atoms with van der Waals surface area (Å²) in [7, 11) is 0. The van der Waals surface area contributed by atoms with Crippen LogP contribution in [0.15, 0.2) is 47.4 Å². The summed E-state index contributed by atoms with van der Waals surface area (Å²) in [5, 5.41) is 1.35. The quantitative estimate of drug-likeness (QED) is 0.746. The number of carbonyl (C=O) groups excluding carboxylic acids is 1. The van der Waals surface area contributed by atoms with Crippen LogP contribution in [0.1, 0.15) is 22.3 Å². The first kappa shape index (κ1) is 18.6. The predicted octanol–water partition coefficient (Wildman–Crippen LogP) is 4.71.